The molecule has 20 heavy (non-hydrogen) atoms. The maximum atomic E-state index is 5.50. The Morgan fingerprint density at radius 3 is 2.90 bits per heavy atom. The Morgan fingerprint density at radius 1 is 1.30 bits per heavy atom. The van der Waals surface area contributed by atoms with Crippen molar-refractivity contribution in [1.29, 1.82) is 0 Å². The summed E-state index contributed by atoms with van der Waals surface area (Å²) in [5.41, 5.74) is 5.94. The molecule has 2 aromatic rings. The first-order valence-electron chi connectivity index (χ1n) is 7.07. The molecular formula is C17H19NO2. The first kappa shape index (κ1) is 13.0. The van der Waals surface area contributed by atoms with Gasteiger partial charge in [-0.3, -0.25) is 0 Å². The lowest BCUT2D eigenvalue weighted by atomic mass is 9.94. The molecule has 0 amide bonds. The minimum Gasteiger partial charge on any atom is -0.497 e. The molecule has 3 heteroatoms. The molecule has 1 aromatic heterocycles. The maximum Gasteiger partial charge on any atom is 0.145 e. The number of hydrogen-bond acceptors (Lipinski definition) is 3. The first-order chi connectivity index (χ1) is 9.74. The third-order valence-corrected chi connectivity index (χ3v) is 3.85. The smallest absolute Gasteiger partial charge is 0.145 e. The molecule has 0 N–H and O–H groups in total. The van der Waals surface area contributed by atoms with E-state index in [0.717, 1.165) is 42.0 Å². The highest BCUT2D eigenvalue weighted by molar-refractivity contribution is 5.85. The maximum absolute atomic E-state index is 5.50. The van der Waals surface area contributed by atoms with Crippen LogP contribution in [-0.2, 0) is 6.42 Å². The van der Waals surface area contributed by atoms with Crippen molar-refractivity contribution in [3.8, 4) is 16.9 Å². The van der Waals surface area contributed by atoms with E-state index in [-0.39, 0.29) is 0 Å². The van der Waals surface area contributed by atoms with Gasteiger partial charge in [0.1, 0.15) is 11.5 Å². The summed E-state index contributed by atoms with van der Waals surface area (Å²) in [5, 5.41) is 4.13. The van der Waals surface area contributed by atoms with Crippen LogP contribution in [0.3, 0.4) is 0 Å². The normalized spacial score (nSPS) is 15.7. The van der Waals surface area contributed by atoms with E-state index in [0.29, 0.717) is 0 Å². The minimum absolute atomic E-state index is 0.892. The van der Waals surface area contributed by atoms with Crippen LogP contribution in [0.25, 0.3) is 16.7 Å². The first-order valence-corrected chi connectivity index (χ1v) is 7.07. The van der Waals surface area contributed by atoms with Crippen molar-refractivity contribution in [1.82, 2.24) is 5.16 Å². The van der Waals surface area contributed by atoms with Gasteiger partial charge in [0.05, 0.1) is 12.8 Å². The third kappa shape index (κ3) is 2.03. The number of rotatable bonds is 2. The summed E-state index contributed by atoms with van der Waals surface area (Å²) in [6.07, 6.45) is 5.21. The summed E-state index contributed by atoms with van der Waals surface area (Å²) < 4.78 is 10.9. The van der Waals surface area contributed by atoms with E-state index in [1.165, 1.54) is 16.7 Å². The molecule has 1 aliphatic carbocycles. The van der Waals surface area contributed by atoms with Crippen LogP contribution in [0.2, 0.25) is 0 Å². The number of fused-ring (bicyclic) bond motifs is 3. The molecule has 0 unspecified atom stereocenters. The molecule has 1 aromatic carbocycles. The molecular weight excluding hydrogens is 250 g/mol. The van der Waals surface area contributed by atoms with Gasteiger partial charge in [-0.05, 0) is 54.7 Å². The fourth-order valence-corrected chi connectivity index (χ4v) is 2.91. The largest absolute Gasteiger partial charge is 0.497 e. The molecule has 104 valence electrons. The quantitative estimate of drug-likeness (QED) is 0.810. The second kappa shape index (κ2) is 5.16. The van der Waals surface area contributed by atoms with Crippen molar-refractivity contribution >= 4 is 5.57 Å². The second-order valence-electron chi connectivity index (χ2n) is 5.12. The fraction of sp³-hybridized carbons (Fsp3) is 0.353. The van der Waals surface area contributed by atoms with Gasteiger partial charge in [0.2, 0.25) is 0 Å². The second-order valence-corrected chi connectivity index (χ2v) is 5.12. The molecule has 0 atom stereocenters. The third-order valence-electron chi connectivity index (χ3n) is 3.85. The number of aromatic nitrogens is 1. The van der Waals surface area contributed by atoms with E-state index in [2.05, 4.69) is 30.3 Å². The number of nitrogens with zero attached hydrogens (tertiary/aromatic N) is 1. The molecule has 0 fully saturated rings. The van der Waals surface area contributed by atoms with Gasteiger partial charge in [-0.2, -0.15) is 0 Å². The SMILES string of the molecule is CCC=C1CCc2onc(C)c2-c2ccc(OC)cc21. The molecule has 3 rings (SSSR count). The standard InChI is InChI=1S/C17H19NO2/c1-4-5-12-6-9-16-17(11(2)18-20-16)14-8-7-13(19-3)10-15(12)14/h5,7-8,10H,4,6,9H2,1-3H3. The number of benzene rings is 1. The molecule has 0 saturated carbocycles. The number of methoxy groups -OCH3 is 1. The van der Waals surface area contributed by atoms with Crippen molar-refractivity contribution in [3.05, 3.63) is 41.3 Å². The number of allylic oxidation sites excluding steroid dienone is 2. The zero-order valence-electron chi connectivity index (χ0n) is 12.2. The molecule has 1 heterocycles. The van der Waals surface area contributed by atoms with Gasteiger partial charge in [0.15, 0.2) is 0 Å². The van der Waals surface area contributed by atoms with Gasteiger partial charge < -0.3 is 9.26 Å². The summed E-state index contributed by atoms with van der Waals surface area (Å²) in [7, 11) is 1.71. The molecule has 0 bridgehead atoms. The zero-order chi connectivity index (χ0) is 14.1. The predicted octanol–water partition coefficient (Wildman–Crippen LogP) is 4.40. The van der Waals surface area contributed by atoms with Crippen molar-refractivity contribution in [2.24, 2.45) is 0 Å². The summed E-state index contributed by atoms with van der Waals surface area (Å²) in [6, 6.07) is 6.24. The number of ether oxygens (including phenoxy) is 1. The van der Waals surface area contributed by atoms with Gasteiger partial charge in [0.25, 0.3) is 0 Å². The Bertz CT molecular complexity index is 668. The van der Waals surface area contributed by atoms with Gasteiger partial charge in [-0.15, -0.1) is 0 Å². The Labute approximate surface area is 119 Å². The van der Waals surface area contributed by atoms with Gasteiger partial charge in [-0.25, -0.2) is 0 Å². The summed E-state index contributed by atoms with van der Waals surface area (Å²) in [5.74, 6) is 1.89. The minimum atomic E-state index is 0.892. The molecule has 0 radical (unpaired) electrons. The van der Waals surface area contributed by atoms with E-state index in [1.807, 2.05) is 13.0 Å². The lowest BCUT2D eigenvalue weighted by Gasteiger charge is -2.11. The zero-order valence-corrected chi connectivity index (χ0v) is 12.2. The van der Waals surface area contributed by atoms with E-state index < -0.39 is 0 Å². The molecule has 0 spiro atoms. The molecule has 3 nitrogen and oxygen atoms in total. The highest BCUT2D eigenvalue weighted by Gasteiger charge is 2.23. The van der Waals surface area contributed by atoms with Crippen LogP contribution in [0.5, 0.6) is 5.75 Å². The van der Waals surface area contributed by atoms with Crippen LogP contribution in [0, 0.1) is 6.92 Å². The topological polar surface area (TPSA) is 35.3 Å². The Balaban J connectivity index is 2.26. The van der Waals surface area contributed by atoms with Crippen molar-refractivity contribution < 1.29 is 9.26 Å². The summed E-state index contributed by atoms with van der Waals surface area (Å²) >= 11 is 0. The van der Waals surface area contributed by atoms with Crippen LogP contribution in [-0.4, -0.2) is 12.3 Å². The lowest BCUT2D eigenvalue weighted by Crippen LogP contribution is -1.91. The Hall–Kier alpha value is -2.03. The molecule has 1 aliphatic rings. The number of aryl methyl sites for hydroxylation is 2. The van der Waals surface area contributed by atoms with Crippen LogP contribution >= 0.6 is 0 Å². The lowest BCUT2D eigenvalue weighted by molar-refractivity contribution is 0.381. The fourth-order valence-electron chi connectivity index (χ4n) is 2.91. The Morgan fingerprint density at radius 2 is 2.15 bits per heavy atom. The predicted molar refractivity (Wildman–Crippen MR) is 79.8 cm³/mol. The molecule has 0 aliphatic heterocycles. The van der Waals surface area contributed by atoms with Crippen LogP contribution < -0.4 is 4.74 Å². The van der Waals surface area contributed by atoms with E-state index >= 15 is 0 Å². The van der Waals surface area contributed by atoms with Crippen molar-refractivity contribution in [3.63, 3.8) is 0 Å². The Kier molecular flexibility index (Phi) is 3.35. The van der Waals surface area contributed by atoms with Crippen LogP contribution in [0.15, 0.2) is 28.8 Å². The van der Waals surface area contributed by atoms with E-state index in [4.69, 9.17) is 9.26 Å². The van der Waals surface area contributed by atoms with Crippen LogP contribution in [0.4, 0.5) is 0 Å². The summed E-state index contributed by atoms with van der Waals surface area (Å²) in [4.78, 5) is 0. The van der Waals surface area contributed by atoms with Crippen LogP contribution in [0.1, 0.15) is 36.8 Å². The summed E-state index contributed by atoms with van der Waals surface area (Å²) in [6.45, 7) is 4.17. The van der Waals surface area contributed by atoms with Gasteiger partial charge in [-0.1, -0.05) is 18.2 Å². The highest BCUT2D eigenvalue weighted by Crippen LogP contribution is 2.41. The highest BCUT2D eigenvalue weighted by atomic mass is 16.5. The number of hydrogen-bond donors (Lipinski definition) is 0. The average molecular weight is 269 g/mol. The van der Waals surface area contributed by atoms with Crippen molar-refractivity contribution in [2.75, 3.05) is 7.11 Å². The van der Waals surface area contributed by atoms with E-state index in [9.17, 15) is 0 Å². The van der Waals surface area contributed by atoms with E-state index in [1.54, 1.807) is 7.11 Å². The average Bonchev–Trinajstić information content (AvgIpc) is 2.75. The van der Waals surface area contributed by atoms with Gasteiger partial charge in [0, 0.05) is 12.0 Å². The monoisotopic (exact) mass is 269 g/mol. The van der Waals surface area contributed by atoms with Crippen molar-refractivity contribution in [2.45, 2.75) is 33.1 Å². The van der Waals surface area contributed by atoms with Gasteiger partial charge >= 0.3 is 0 Å². The molecule has 0 saturated heterocycles.